The monoisotopic (exact) mass is 1480 g/mol. The number of carbonyl (C=O) groups is 7. The standard InChI is InChI=1S/C20H20I2N2O5.C11H11Br2NO4.C11H11I2NO4/c1-11(25)23-16(9-12-5-3-2-4-6-12)19(27)24-17(20(28)29)10-13-7-14(21)18(26)15(22)8-13;2*1-5(15)14-9(11(17)18)4-6-2-7(12)10(16)8(13)3-6/h2-8,16-17,26H,9-10H2,1H3,(H,23,25)(H,24,27)(H,28,29);2*2-3,9,16H,4H2,1H3,(H,14,15)(H,17,18)/t16-,17-;2*9-/m111/s1. The van der Waals surface area contributed by atoms with Crippen LogP contribution in [0.2, 0.25) is 0 Å². The molecule has 0 aliphatic heterocycles. The number of aliphatic carboxylic acids is 3. The number of carboxylic acid groups (broad SMARTS) is 3. The van der Waals surface area contributed by atoms with Crippen LogP contribution in [-0.4, -0.2) is 96.3 Å². The summed E-state index contributed by atoms with van der Waals surface area (Å²) in [5.41, 5.74) is 2.94. The molecule has 10 N–H and O–H groups in total. The minimum atomic E-state index is -1.18. The number of phenols is 3. The third kappa shape index (κ3) is 20.5. The number of amides is 4. The van der Waals surface area contributed by atoms with Crippen LogP contribution >= 0.6 is 122 Å². The fraction of sp³-hybridized carbons (Fsp3) is 0.262. The Balaban J connectivity index is 0.000000352. The number of phenolic OH excluding ortho intramolecular Hbond substituents is 3. The molecule has 4 aromatic rings. The Labute approximate surface area is 444 Å². The van der Waals surface area contributed by atoms with Crippen molar-refractivity contribution < 1.29 is 64.2 Å². The van der Waals surface area contributed by atoms with E-state index in [1.54, 1.807) is 36.4 Å². The first-order valence-electron chi connectivity index (χ1n) is 18.6. The van der Waals surface area contributed by atoms with E-state index >= 15 is 0 Å². The van der Waals surface area contributed by atoms with Crippen LogP contribution < -0.4 is 21.3 Å². The van der Waals surface area contributed by atoms with E-state index in [4.69, 9.17) is 10.2 Å². The molecule has 23 heteroatoms. The van der Waals surface area contributed by atoms with Crippen LogP contribution in [-0.2, 0) is 59.2 Å². The highest BCUT2D eigenvalue weighted by molar-refractivity contribution is 14.1. The second-order valence-electron chi connectivity index (χ2n) is 13.9. The van der Waals surface area contributed by atoms with E-state index in [0.717, 1.165) is 11.1 Å². The number of aromatic hydroxyl groups is 3. The molecular weight excluding hydrogens is 1440 g/mol. The fourth-order valence-electron chi connectivity index (χ4n) is 5.58. The molecule has 4 aromatic carbocycles. The molecule has 0 fully saturated rings. The maximum Gasteiger partial charge on any atom is 0.326 e. The molecule has 4 amide bonds. The Kier molecular flexibility index (Phi) is 24.7. The third-order valence-electron chi connectivity index (χ3n) is 8.49. The van der Waals surface area contributed by atoms with Gasteiger partial charge in [-0.15, -0.1) is 0 Å². The van der Waals surface area contributed by atoms with Crippen LogP contribution in [0, 0.1) is 14.3 Å². The molecule has 4 rings (SSSR count). The van der Waals surface area contributed by atoms with Gasteiger partial charge in [-0.1, -0.05) is 30.3 Å². The van der Waals surface area contributed by atoms with Crippen LogP contribution in [0.1, 0.15) is 43.0 Å². The summed E-state index contributed by atoms with van der Waals surface area (Å²) < 4.78 is 3.42. The largest absolute Gasteiger partial charge is 0.506 e. The van der Waals surface area contributed by atoms with Gasteiger partial charge in [-0.3, -0.25) is 19.2 Å². The van der Waals surface area contributed by atoms with Crippen LogP contribution in [0.25, 0.3) is 0 Å². The Morgan fingerprint density at radius 1 is 0.462 bits per heavy atom. The second kappa shape index (κ2) is 27.9. The molecule has 0 aromatic heterocycles. The maximum absolute atomic E-state index is 12.7. The lowest BCUT2D eigenvalue weighted by Gasteiger charge is -2.21. The van der Waals surface area contributed by atoms with Crippen molar-refractivity contribution in [3.63, 3.8) is 0 Å². The molecule has 350 valence electrons. The number of carbonyl (C=O) groups excluding carboxylic acids is 4. The van der Waals surface area contributed by atoms with Gasteiger partial charge in [0.2, 0.25) is 23.6 Å². The van der Waals surface area contributed by atoms with Gasteiger partial charge in [-0.2, -0.15) is 0 Å². The first-order chi connectivity index (χ1) is 30.3. The lowest BCUT2D eigenvalue weighted by Crippen LogP contribution is -2.52. The maximum atomic E-state index is 12.7. The van der Waals surface area contributed by atoms with Crippen molar-refractivity contribution in [1.82, 2.24) is 21.3 Å². The lowest BCUT2D eigenvalue weighted by molar-refractivity contribution is -0.142. The molecular formula is C42H42Br2I4N4O13. The topological polar surface area (TPSA) is 289 Å². The molecule has 0 radical (unpaired) electrons. The van der Waals surface area contributed by atoms with Crippen molar-refractivity contribution in [3.05, 3.63) is 112 Å². The van der Waals surface area contributed by atoms with E-state index in [-0.39, 0.29) is 54.7 Å². The SMILES string of the molecule is CC(=O)N[C@H](Cc1cc(Br)c(O)c(Br)c1)C(=O)O.CC(=O)N[C@H](Cc1cc(I)c(O)c(I)c1)C(=O)O.CC(=O)N[C@H](Cc1ccccc1)C(=O)N[C@H](Cc1cc(I)c(O)c(I)c1)C(=O)O. The van der Waals surface area contributed by atoms with E-state index in [1.807, 2.05) is 121 Å². The average molecular weight is 1480 g/mol. The Morgan fingerprint density at radius 3 is 1.08 bits per heavy atom. The highest BCUT2D eigenvalue weighted by atomic mass is 127. The quantitative estimate of drug-likeness (QED) is 0.0557. The number of hydrogen-bond acceptors (Lipinski definition) is 10. The van der Waals surface area contributed by atoms with Gasteiger partial charge in [0.25, 0.3) is 0 Å². The van der Waals surface area contributed by atoms with Crippen molar-refractivity contribution in [1.29, 1.82) is 0 Å². The van der Waals surface area contributed by atoms with Crippen LogP contribution in [0.15, 0.2) is 75.7 Å². The second-order valence-corrected chi connectivity index (χ2v) is 20.2. The van der Waals surface area contributed by atoms with Gasteiger partial charge in [0, 0.05) is 46.5 Å². The summed E-state index contributed by atoms with van der Waals surface area (Å²) in [6.07, 6.45) is 0.604. The summed E-state index contributed by atoms with van der Waals surface area (Å²) in [5.74, 6) is -4.73. The summed E-state index contributed by atoms with van der Waals surface area (Å²) in [4.78, 5) is 79.8. The zero-order chi connectivity index (χ0) is 49.3. The molecule has 0 saturated heterocycles. The fourth-order valence-corrected chi connectivity index (χ4v) is 10.7. The van der Waals surface area contributed by atoms with E-state index in [0.29, 0.717) is 34.4 Å². The van der Waals surface area contributed by atoms with E-state index < -0.39 is 53.9 Å². The van der Waals surface area contributed by atoms with Gasteiger partial charge in [0.15, 0.2) is 0 Å². The van der Waals surface area contributed by atoms with Crippen molar-refractivity contribution in [2.24, 2.45) is 0 Å². The lowest BCUT2D eigenvalue weighted by atomic mass is 10.0. The Morgan fingerprint density at radius 2 is 0.754 bits per heavy atom. The van der Waals surface area contributed by atoms with Gasteiger partial charge in [-0.05, 0) is 181 Å². The van der Waals surface area contributed by atoms with Gasteiger partial charge >= 0.3 is 17.9 Å². The summed E-state index contributed by atoms with van der Waals surface area (Å²) >= 11 is 14.2. The summed E-state index contributed by atoms with van der Waals surface area (Å²) in [6, 6.07) is 15.1. The normalized spacial score (nSPS) is 12.3. The highest BCUT2D eigenvalue weighted by Gasteiger charge is 2.27. The van der Waals surface area contributed by atoms with Gasteiger partial charge in [0.05, 0.1) is 23.2 Å². The van der Waals surface area contributed by atoms with Crippen molar-refractivity contribution in [2.75, 3.05) is 0 Å². The number of rotatable bonds is 16. The molecule has 0 bridgehead atoms. The Hall–Kier alpha value is -3.55. The number of halogens is 6. The van der Waals surface area contributed by atoms with Crippen LogP contribution in [0.5, 0.6) is 17.2 Å². The first kappa shape index (κ1) is 57.6. The number of hydrogen-bond donors (Lipinski definition) is 10. The minimum absolute atomic E-state index is 0.0464. The molecule has 17 nitrogen and oxygen atoms in total. The zero-order valence-corrected chi connectivity index (χ0v) is 46.1. The predicted octanol–water partition coefficient (Wildman–Crippen LogP) is 6.24. The molecule has 0 spiro atoms. The Bertz CT molecular complexity index is 2240. The van der Waals surface area contributed by atoms with Crippen molar-refractivity contribution >= 4 is 164 Å². The van der Waals surface area contributed by atoms with Crippen LogP contribution in [0.4, 0.5) is 0 Å². The van der Waals surface area contributed by atoms with Crippen molar-refractivity contribution in [2.45, 2.75) is 70.6 Å². The van der Waals surface area contributed by atoms with Crippen molar-refractivity contribution in [3.8, 4) is 17.2 Å². The van der Waals surface area contributed by atoms with Gasteiger partial charge in [-0.25, -0.2) is 14.4 Å². The average Bonchev–Trinajstić information content (AvgIpc) is 3.20. The van der Waals surface area contributed by atoms with Gasteiger partial charge in [0.1, 0.15) is 41.4 Å². The third-order valence-corrected chi connectivity index (χ3v) is 13.0. The molecule has 65 heavy (non-hydrogen) atoms. The molecule has 0 aliphatic rings. The molecule has 0 unspecified atom stereocenters. The van der Waals surface area contributed by atoms with Gasteiger partial charge < -0.3 is 51.9 Å². The number of carboxylic acids is 3. The summed E-state index contributed by atoms with van der Waals surface area (Å²) in [7, 11) is 0. The molecule has 0 aliphatic carbocycles. The molecule has 4 atom stereocenters. The summed E-state index contributed by atoms with van der Waals surface area (Å²) in [6.45, 7) is 3.85. The minimum Gasteiger partial charge on any atom is -0.506 e. The van der Waals surface area contributed by atoms with E-state index in [2.05, 4.69) is 53.1 Å². The van der Waals surface area contributed by atoms with Crippen LogP contribution in [0.3, 0.4) is 0 Å². The summed E-state index contributed by atoms with van der Waals surface area (Å²) in [5, 5.41) is 66.4. The van der Waals surface area contributed by atoms with E-state index in [9.17, 15) is 54.0 Å². The highest BCUT2D eigenvalue weighted by Crippen LogP contribution is 2.34. The zero-order valence-electron chi connectivity index (χ0n) is 34.3. The predicted molar refractivity (Wildman–Crippen MR) is 279 cm³/mol. The molecule has 0 heterocycles. The number of nitrogens with one attached hydrogen (secondary N) is 4. The molecule has 0 saturated carbocycles. The van der Waals surface area contributed by atoms with E-state index in [1.165, 1.54) is 20.8 Å². The smallest absolute Gasteiger partial charge is 0.326 e. The number of benzene rings is 4. The first-order valence-corrected chi connectivity index (χ1v) is 24.5.